The molecule has 1 atom stereocenters. The summed E-state index contributed by atoms with van der Waals surface area (Å²) in [6, 6.07) is 0.645. The van der Waals surface area contributed by atoms with Gasteiger partial charge in [-0.2, -0.15) is 0 Å². The van der Waals surface area contributed by atoms with Gasteiger partial charge in [0.25, 0.3) is 0 Å². The molecular formula is C17H33ClN2O. The van der Waals surface area contributed by atoms with Gasteiger partial charge in [-0.05, 0) is 50.0 Å². The molecule has 2 fully saturated rings. The van der Waals surface area contributed by atoms with Gasteiger partial charge in [-0.15, -0.1) is 12.4 Å². The highest BCUT2D eigenvalue weighted by atomic mass is 35.5. The van der Waals surface area contributed by atoms with Crippen LogP contribution >= 0.6 is 12.4 Å². The molecule has 2 rings (SSSR count). The van der Waals surface area contributed by atoms with Crippen molar-refractivity contribution in [2.75, 3.05) is 19.6 Å². The van der Waals surface area contributed by atoms with Crippen LogP contribution in [0.2, 0.25) is 0 Å². The second kappa shape index (κ2) is 8.99. The van der Waals surface area contributed by atoms with Gasteiger partial charge in [-0.1, -0.05) is 27.2 Å². The van der Waals surface area contributed by atoms with E-state index >= 15 is 0 Å². The number of hydrogen-bond donors (Lipinski definition) is 1. The number of piperidine rings is 1. The van der Waals surface area contributed by atoms with Crippen molar-refractivity contribution in [1.29, 1.82) is 0 Å². The lowest BCUT2D eigenvalue weighted by Gasteiger charge is -2.33. The predicted molar refractivity (Wildman–Crippen MR) is 90.8 cm³/mol. The minimum Gasteiger partial charge on any atom is -0.343 e. The van der Waals surface area contributed by atoms with Crippen molar-refractivity contribution >= 4 is 18.3 Å². The third-order valence-electron chi connectivity index (χ3n) is 5.14. The number of halogens is 1. The van der Waals surface area contributed by atoms with Gasteiger partial charge >= 0.3 is 0 Å². The molecule has 21 heavy (non-hydrogen) atoms. The Kier molecular flexibility index (Phi) is 8.04. The molecule has 0 aromatic heterocycles. The fourth-order valence-corrected chi connectivity index (χ4v) is 3.19. The molecule has 1 saturated carbocycles. The van der Waals surface area contributed by atoms with Crippen LogP contribution in [-0.2, 0) is 4.79 Å². The lowest BCUT2D eigenvalue weighted by Crippen LogP contribution is -2.45. The van der Waals surface area contributed by atoms with Crippen LogP contribution in [0, 0.1) is 17.8 Å². The fourth-order valence-electron chi connectivity index (χ4n) is 3.19. The molecule has 1 N–H and O–H groups in total. The molecule has 3 nitrogen and oxygen atoms in total. The number of likely N-dealkylation sites (tertiary alicyclic amines) is 1. The van der Waals surface area contributed by atoms with Crippen molar-refractivity contribution in [3.05, 3.63) is 0 Å². The largest absolute Gasteiger partial charge is 0.343 e. The summed E-state index contributed by atoms with van der Waals surface area (Å²) in [5.41, 5.74) is 0. The molecule has 1 saturated heterocycles. The van der Waals surface area contributed by atoms with Gasteiger partial charge in [0.2, 0.25) is 5.91 Å². The Labute approximate surface area is 136 Å². The molecule has 1 unspecified atom stereocenters. The standard InChI is InChI=1S/C17H32N2O.ClH/c1-4-15(13(2)3)11-17(20)19-9-7-16(8-10-19)18-12-14-5-6-14;/h13-16,18H,4-12H2,1-3H3;1H. The zero-order valence-electron chi connectivity index (χ0n) is 13.9. The summed E-state index contributed by atoms with van der Waals surface area (Å²) < 4.78 is 0. The van der Waals surface area contributed by atoms with Crippen LogP contribution < -0.4 is 5.32 Å². The van der Waals surface area contributed by atoms with E-state index in [-0.39, 0.29) is 12.4 Å². The number of hydrogen-bond acceptors (Lipinski definition) is 2. The third kappa shape index (κ3) is 6.15. The van der Waals surface area contributed by atoms with E-state index in [4.69, 9.17) is 0 Å². The van der Waals surface area contributed by atoms with E-state index in [2.05, 4.69) is 31.0 Å². The molecule has 1 aliphatic carbocycles. The molecule has 0 aromatic rings. The average Bonchev–Trinajstić information content (AvgIpc) is 3.26. The molecular weight excluding hydrogens is 284 g/mol. The van der Waals surface area contributed by atoms with E-state index in [1.807, 2.05) is 0 Å². The first-order valence-electron chi connectivity index (χ1n) is 8.61. The fraction of sp³-hybridized carbons (Fsp3) is 0.941. The van der Waals surface area contributed by atoms with Crippen LogP contribution in [0.25, 0.3) is 0 Å². The third-order valence-corrected chi connectivity index (χ3v) is 5.14. The Bertz CT molecular complexity index is 310. The smallest absolute Gasteiger partial charge is 0.222 e. The van der Waals surface area contributed by atoms with Crippen molar-refractivity contribution in [1.82, 2.24) is 10.2 Å². The monoisotopic (exact) mass is 316 g/mol. The lowest BCUT2D eigenvalue weighted by atomic mass is 9.89. The quantitative estimate of drug-likeness (QED) is 0.780. The first-order chi connectivity index (χ1) is 9.60. The highest BCUT2D eigenvalue weighted by Gasteiger charge is 2.27. The topological polar surface area (TPSA) is 32.3 Å². The Morgan fingerprint density at radius 3 is 2.29 bits per heavy atom. The normalized spacial score (nSPS) is 21.2. The maximum absolute atomic E-state index is 12.4. The number of amides is 1. The van der Waals surface area contributed by atoms with Gasteiger partial charge in [0.1, 0.15) is 0 Å². The van der Waals surface area contributed by atoms with Crippen molar-refractivity contribution in [2.45, 2.75) is 65.3 Å². The molecule has 1 amide bonds. The molecule has 1 heterocycles. The highest BCUT2D eigenvalue weighted by molar-refractivity contribution is 5.85. The van der Waals surface area contributed by atoms with Crippen LogP contribution in [0.3, 0.4) is 0 Å². The van der Waals surface area contributed by atoms with Crippen molar-refractivity contribution < 1.29 is 4.79 Å². The Balaban J connectivity index is 0.00000220. The Morgan fingerprint density at radius 2 is 1.81 bits per heavy atom. The summed E-state index contributed by atoms with van der Waals surface area (Å²) in [6.07, 6.45) is 6.96. The van der Waals surface area contributed by atoms with E-state index in [1.165, 1.54) is 19.4 Å². The maximum atomic E-state index is 12.4. The van der Waals surface area contributed by atoms with Crippen LogP contribution in [0.15, 0.2) is 0 Å². The predicted octanol–water partition coefficient (Wildman–Crippen LogP) is 3.47. The second-order valence-electron chi connectivity index (χ2n) is 7.12. The number of rotatable bonds is 7. The molecule has 0 spiro atoms. The van der Waals surface area contributed by atoms with Gasteiger partial charge in [0.05, 0.1) is 0 Å². The number of carbonyl (C=O) groups excluding carboxylic acids is 1. The molecule has 0 bridgehead atoms. The average molecular weight is 317 g/mol. The van der Waals surface area contributed by atoms with Gasteiger partial charge in [0.15, 0.2) is 0 Å². The molecule has 4 heteroatoms. The van der Waals surface area contributed by atoms with Gasteiger partial charge in [-0.25, -0.2) is 0 Å². The van der Waals surface area contributed by atoms with Crippen LogP contribution in [0.5, 0.6) is 0 Å². The van der Waals surface area contributed by atoms with E-state index in [9.17, 15) is 4.79 Å². The number of nitrogens with zero attached hydrogens (tertiary/aromatic N) is 1. The van der Waals surface area contributed by atoms with E-state index in [0.717, 1.165) is 44.7 Å². The second-order valence-corrected chi connectivity index (χ2v) is 7.12. The van der Waals surface area contributed by atoms with Crippen LogP contribution in [0.4, 0.5) is 0 Å². The minimum atomic E-state index is 0. The summed E-state index contributed by atoms with van der Waals surface area (Å²) in [5.74, 6) is 2.49. The van der Waals surface area contributed by atoms with Crippen molar-refractivity contribution in [3.8, 4) is 0 Å². The molecule has 2 aliphatic rings. The summed E-state index contributed by atoms with van der Waals surface area (Å²) in [6.45, 7) is 9.77. The lowest BCUT2D eigenvalue weighted by molar-refractivity contribution is -0.133. The number of nitrogens with one attached hydrogen (secondary N) is 1. The van der Waals surface area contributed by atoms with Gasteiger partial charge in [0, 0.05) is 25.6 Å². The summed E-state index contributed by atoms with van der Waals surface area (Å²) in [5, 5.41) is 3.68. The molecule has 0 aromatic carbocycles. The zero-order valence-corrected chi connectivity index (χ0v) is 14.8. The van der Waals surface area contributed by atoms with Crippen LogP contribution in [0.1, 0.15) is 59.3 Å². The maximum Gasteiger partial charge on any atom is 0.222 e. The first kappa shape index (κ1) is 18.8. The van der Waals surface area contributed by atoms with Gasteiger partial charge < -0.3 is 10.2 Å². The van der Waals surface area contributed by atoms with Crippen molar-refractivity contribution in [3.63, 3.8) is 0 Å². The molecule has 124 valence electrons. The van der Waals surface area contributed by atoms with Crippen molar-refractivity contribution in [2.24, 2.45) is 17.8 Å². The molecule has 0 radical (unpaired) electrons. The Hall–Kier alpha value is -0.280. The zero-order chi connectivity index (χ0) is 14.5. The highest BCUT2D eigenvalue weighted by Crippen LogP contribution is 2.28. The van der Waals surface area contributed by atoms with Crippen LogP contribution in [-0.4, -0.2) is 36.5 Å². The summed E-state index contributed by atoms with van der Waals surface area (Å²) >= 11 is 0. The SMILES string of the molecule is CCC(CC(=O)N1CCC(NCC2CC2)CC1)C(C)C.Cl. The van der Waals surface area contributed by atoms with E-state index in [1.54, 1.807) is 0 Å². The summed E-state index contributed by atoms with van der Waals surface area (Å²) in [4.78, 5) is 14.5. The van der Waals surface area contributed by atoms with E-state index < -0.39 is 0 Å². The minimum absolute atomic E-state index is 0. The Morgan fingerprint density at radius 1 is 1.19 bits per heavy atom. The summed E-state index contributed by atoms with van der Waals surface area (Å²) in [7, 11) is 0. The van der Waals surface area contributed by atoms with Gasteiger partial charge in [-0.3, -0.25) is 4.79 Å². The molecule has 1 aliphatic heterocycles. The number of carbonyl (C=O) groups is 1. The first-order valence-corrected chi connectivity index (χ1v) is 8.61. The van der Waals surface area contributed by atoms with E-state index in [0.29, 0.717) is 23.8 Å².